The van der Waals surface area contributed by atoms with Gasteiger partial charge in [-0.1, -0.05) is 18.2 Å². The van der Waals surface area contributed by atoms with Gasteiger partial charge >= 0.3 is 6.61 Å². The molecule has 0 aliphatic rings. The number of ether oxygens (including phenoxy) is 2. The van der Waals surface area contributed by atoms with Crippen LogP contribution in [0, 0.1) is 0 Å². The van der Waals surface area contributed by atoms with E-state index in [2.05, 4.69) is 15.3 Å². The zero-order valence-corrected chi connectivity index (χ0v) is 22.2. The lowest BCUT2D eigenvalue weighted by atomic mass is 10.0. The van der Waals surface area contributed by atoms with Gasteiger partial charge in [-0.3, -0.25) is 9.20 Å². The minimum atomic E-state index is -3.03. The quantitative estimate of drug-likeness (QED) is 0.264. The van der Waals surface area contributed by atoms with Crippen LogP contribution in [0.25, 0.3) is 16.3 Å². The van der Waals surface area contributed by atoms with Crippen LogP contribution in [0.15, 0.2) is 42.7 Å². The second-order valence-electron chi connectivity index (χ2n) is 9.70. The number of benzene rings is 1. The summed E-state index contributed by atoms with van der Waals surface area (Å²) in [4.78, 5) is 21.1. The van der Waals surface area contributed by atoms with E-state index in [1.54, 1.807) is 54.0 Å². The predicted molar refractivity (Wildman–Crippen MR) is 139 cm³/mol. The molecule has 4 rings (SSSR count). The Hall–Kier alpha value is -3.61. The van der Waals surface area contributed by atoms with Gasteiger partial charge in [-0.05, 0) is 51.0 Å². The number of nitrogens with two attached hydrogens (primary N) is 1. The van der Waals surface area contributed by atoms with Crippen molar-refractivity contribution in [3.05, 3.63) is 64.3 Å². The van der Waals surface area contributed by atoms with Crippen molar-refractivity contribution in [2.45, 2.75) is 59.1 Å². The number of hydrogen-bond donors (Lipinski definition) is 3. The zero-order chi connectivity index (χ0) is 27.6. The number of fused-ring (bicyclic) bond motifs is 1. The first kappa shape index (κ1) is 27.4. The van der Waals surface area contributed by atoms with Gasteiger partial charge in [0.05, 0.1) is 12.8 Å². The summed E-state index contributed by atoms with van der Waals surface area (Å²) < 4.78 is 39.0. The van der Waals surface area contributed by atoms with Crippen molar-refractivity contribution in [2.24, 2.45) is 5.73 Å². The second-order valence-corrected chi connectivity index (χ2v) is 10.7. The Morgan fingerprint density at radius 3 is 2.61 bits per heavy atom. The monoisotopic (exact) mass is 545 g/mol. The van der Waals surface area contributed by atoms with Gasteiger partial charge in [-0.25, -0.2) is 4.98 Å². The number of aliphatic hydroxyl groups excluding tert-OH is 1. The van der Waals surface area contributed by atoms with E-state index in [4.69, 9.17) is 15.2 Å². The first-order valence-electron chi connectivity index (χ1n) is 11.8. The number of aliphatic hydroxyl groups is 1. The van der Waals surface area contributed by atoms with Crippen molar-refractivity contribution in [3.63, 3.8) is 0 Å². The van der Waals surface area contributed by atoms with Gasteiger partial charge in [0.15, 0.2) is 4.88 Å². The molecule has 3 heterocycles. The van der Waals surface area contributed by atoms with E-state index in [1.165, 1.54) is 0 Å². The number of aromatic nitrogens is 3. The van der Waals surface area contributed by atoms with Gasteiger partial charge in [0, 0.05) is 23.8 Å². The Balaban J connectivity index is 1.66. The number of nitrogens with zero attached hydrogens (tertiary/aromatic N) is 3. The smallest absolute Gasteiger partial charge is 0.387 e. The number of pyridine rings is 1. The number of alkyl halides is 2. The topological polar surface area (TPSA) is 124 Å². The molecule has 0 saturated carbocycles. The molecule has 1 amide bonds. The van der Waals surface area contributed by atoms with Gasteiger partial charge < -0.3 is 25.6 Å². The predicted octanol–water partition coefficient (Wildman–Crippen LogP) is 4.68. The van der Waals surface area contributed by atoms with Crippen molar-refractivity contribution in [3.8, 4) is 22.3 Å². The van der Waals surface area contributed by atoms with Crippen LogP contribution < -0.4 is 20.5 Å². The molecule has 0 spiro atoms. The molecule has 4 aromatic rings. The lowest BCUT2D eigenvalue weighted by Gasteiger charge is -2.22. The van der Waals surface area contributed by atoms with Gasteiger partial charge in [-0.15, -0.1) is 11.3 Å². The highest BCUT2D eigenvalue weighted by Gasteiger charge is 2.24. The summed E-state index contributed by atoms with van der Waals surface area (Å²) in [7, 11) is 0. The Kier molecular flexibility index (Phi) is 7.95. The van der Waals surface area contributed by atoms with Crippen molar-refractivity contribution in [1.82, 2.24) is 19.7 Å². The summed E-state index contributed by atoms with van der Waals surface area (Å²) in [6.45, 7) is 4.93. The first-order valence-corrected chi connectivity index (χ1v) is 12.6. The van der Waals surface area contributed by atoms with Gasteiger partial charge in [-0.2, -0.15) is 13.8 Å². The van der Waals surface area contributed by atoms with E-state index in [-0.39, 0.29) is 28.7 Å². The second kappa shape index (κ2) is 11.0. The zero-order valence-electron chi connectivity index (χ0n) is 21.4. The lowest BCUT2D eigenvalue weighted by molar-refractivity contribution is -0.0513. The summed E-state index contributed by atoms with van der Waals surface area (Å²) in [5.41, 5.74) is 8.42. The summed E-state index contributed by atoms with van der Waals surface area (Å²) in [6, 6.07) is 8.49. The lowest BCUT2D eigenvalue weighted by Crippen LogP contribution is -2.35. The minimum absolute atomic E-state index is 0.0280. The van der Waals surface area contributed by atoms with Crippen LogP contribution in [-0.2, 0) is 13.2 Å². The highest BCUT2D eigenvalue weighted by atomic mass is 32.1. The van der Waals surface area contributed by atoms with Gasteiger partial charge in [0.1, 0.15) is 28.2 Å². The number of thiazole rings is 1. The summed E-state index contributed by atoms with van der Waals surface area (Å²) in [6.07, 6.45) is 2.51. The van der Waals surface area contributed by atoms with Crippen LogP contribution in [0.4, 0.5) is 8.78 Å². The molecule has 202 valence electrons. The largest absolute Gasteiger partial charge is 0.468 e. The van der Waals surface area contributed by atoms with E-state index >= 15 is 0 Å². The molecule has 9 nitrogen and oxygen atoms in total. The van der Waals surface area contributed by atoms with E-state index < -0.39 is 18.6 Å². The number of primary amides is 1. The standard InChI is InChI=1S/C26H29F2N5O4S/c1-14(17-7-5-15(10-31-26(2,3)4)9-19(17)37-25(27)28)36-23-21(22(29)35)38-24(32-23)18-11-30-20-8-6-16(13-34)12-33(18)20/h5-9,11-12,14,25,31,34H,10,13H2,1-4H3,(H2,29,35). The molecular weight excluding hydrogens is 516 g/mol. The molecule has 1 atom stereocenters. The highest BCUT2D eigenvalue weighted by Crippen LogP contribution is 2.37. The molecule has 0 radical (unpaired) electrons. The molecular formula is C26H29F2N5O4S. The molecule has 0 saturated heterocycles. The van der Waals surface area contributed by atoms with E-state index in [0.717, 1.165) is 16.9 Å². The van der Waals surface area contributed by atoms with Gasteiger partial charge in [0.25, 0.3) is 5.91 Å². The highest BCUT2D eigenvalue weighted by molar-refractivity contribution is 7.17. The molecule has 3 aromatic heterocycles. The number of carbonyl (C=O) groups is 1. The maximum absolute atomic E-state index is 13.2. The summed E-state index contributed by atoms with van der Waals surface area (Å²) >= 11 is 1.02. The van der Waals surface area contributed by atoms with Crippen molar-refractivity contribution >= 4 is 22.9 Å². The van der Waals surface area contributed by atoms with Crippen LogP contribution in [0.5, 0.6) is 11.6 Å². The minimum Gasteiger partial charge on any atom is -0.468 e. The first-order chi connectivity index (χ1) is 17.9. The Morgan fingerprint density at radius 2 is 1.95 bits per heavy atom. The fraction of sp³-hybridized carbons (Fsp3) is 0.346. The molecule has 0 aliphatic carbocycles. The van der Waals surface area contributed by atoms with E-state index in [0.29, 0.717) is 34.0 Å². The number of halogens is 2. The molecule has 1 unspecified atom stereocenters. The van der Waals surface area contributed by atoms with Crippen molar-refractivity contribution in [2.75, 3.05) is 0 Å². The number of hydrogen-bond acceptors (Lipinski definition) is 8. The average molecular weight is 546 g/mol. The molecule has 4 N–H and O–H groups in total. The summed E-state index contributed by atoms with van der Waals surface area (Å²) in [5.74, 6) is -0.802. The third kappa shape index (κ3) is 6.26. The van der Waals surface area contributed by atoms with E-state index in [1.807, 2.05) is 20.8 Å². The van der Waals surface area contributed by atoms with Crippen LogP contribution in [0.1, 0.15) is 60.2 Å². The third-order valence-corrected chi connectivity index (χ3v) is 6.71. The van der Waals surface area contributed by atoms with Crippen LogP contribution in [0.3, 0.4) is 0 Å². The number of imidazole rings is 1. The van der Waals surface area contributed by atoms with Gasteiger partial charge in [0.2, 0.25) is 5.88 Å². The van der Waals surface area contributed by atoms with Crippen LogP contribution >= 0.6 is 11.3 Å². The number of carbonyl (C=O) groups excluding carboxylic acids is 1. The average Bonchev–Trinajstić information content (AvgIpc) is 3.45. The number of rotatable bonds is 10. The SMILES string of the molecule is CC(Oc1nc(-c2cnc3ccc(CO)cn23)sc1C(N)=O)c1ccc(CNC(C)(C)C)cc1OC(F)F. The maximum Gasteiger partial charge on any atom is 0.387 e. The number of nitrogens with one attached hydrogen (secondary N) is 1. The molecule has 12 heteroatoms. The van der Waals surface area contributed by atoms with Crippen molar-refractivity contribution in [1.29, 1.82) is 0 Å². The Bertz CT molecular complexity index is 1450. The Morgan fingerprint density at radius 1 is 1.21 bits per heavy atom. The maximum atomic E-state index is 13.2. The molecule has 1 aromatic carbocycles. The molecule has 0 bridgehead atoms. The van der Waals surface area contributed by atoms with Crippen molar-refractivity contribution < 1.29 is 28.2 Å². The van der Waals surface area contributed by atoms with Crippen LogP contribution in [-0.4, -0.2) is 37.5 Å². The van der Waals surface area contributed by atoms with E-state index in [9.17, 15) is 18.7 Å². The number of amides is 1. The fourth-order valence-corrected chi connectivity index (χ4v) is 4.61. The normalized spacial score (nSPS) is 12.7. The molecule has 38 heavy (non-hydrogen) atoms. The molecule has 0 aliphatic heterocycles. The fourth-order valence-electron chi connectivity index (χ4n) is 3.75. The van der Waals surface area contributed by atoms with Crippen LogP contribution in [0.2, 0.25) is 0 Å². The summed E-state index contributed by atoms with van der Waals surface area (Å²) in [5, 5.41) is 13.2. The third-order valence-electron chi connectivity index (χ3n) is 5.63. The molecule has 0 fully saturated rings. The Labute approximate surface area is 222 Å².